The Morgan fingerprint density at radius 1 is 1.16 bits per heavy atom. The lowest BCUT2D eigenvalue weighted by molar-refractivity contribution is 0.0398. The Morgan fingerprint density at radius 2 is 1.92 bits per heavy atom. The van der Waals surface area contributed by atoms with E-state index >= 15 is 0 Å². The van der Waals surface area contributed by atoms with Crippen molar-refractivity contribution in [2.75, 3.05) is 40.0 Å². The zero-order valence-corrected chi connectivity index (χ0v) is 15.7. The SMILES string of the molecule is CCOCCCNC(=NC)NCCCOC1CCCc2ccccc21. The molecule has 1 aromatic carbocycles. The average molecular weight is 348 g/mol. The minimum atomic E-state index is 0.265. The first-order valence-corrected chi connectivity index (χ1v) is 9.56. The van der Waals surface area contributed by atoms with Crippen LogP contribution >= 0.6 is 0 Å². The van der Waals surface area contributed by atoms with Gasteiger partial charge in [0.1, 0.15) is 0 Å². The van der Waals surface area contributed by atoms with Gasteiger partial charge in [0.2, 0.25) is 0 Å². The number of guanidine groups is 1. The van der Waals surface area contributed by atoms with Crippen LogP contribution in [-0.2, 0) is 15.9 Å². The van der Waals surface area contributed by atoms with Crippen LogP contribution in [-0.4, -0.2) is 45.9 Å². The Kier molecular flexibility index (Phi) is 9.37. The number of nitrogens with one attached hydrogen (secondary N) is 2. The molecule has 5 nitrogen and oxygen atoms in total. The second-order valence-corrected chi connectivity index (χ2v) is 6.28. The van der Waals surface area contributed by atoms with Gasteiger partial charge in [-0.05, 0) is 50.2 Å². The van der Waals surface area contributed by atoms with Gasteiger partial charge in [0.25, 0.3) is 0 Å². The van der Waals surface area contributed by atoms with Crippen molar-refractivity contribution in [2.45, 2.75) is 45.1 Å². The first kappa shape index (κ1) is 19.7. The number of hydrogen-bond donors (Lipinski definition) is 2. The lowest BCUT2D eigenvalue weighted by atomic mass is 9.89. The molecule has 5 heteroatoms. The molecule has 1 unspecified atom stereocenters. The summed E-state index contributed by atoms with van der Waals surface area (Å²) < 4.78 is 11.5. The van der Waals surface area contributed by atoms with Crippen LogP contribution in [0, 0.1) is 0 Å². The molecule has 0 aromatic heterocycles. The number of nitrogens with zero attached hydrogens (tertiary/aromatic N) is 1. The number of aryl methyl sites for hydroxylation is 1. The molecule has 1 atom stereocenters. The Balaban J connectivity index is 1.58. The Hall–Kier alpha value is -1.59. The summed E-state index contributed by atoms with van der Waals surface area (Å²) in [6.45, 7) is 6.08. The first-order valence-electron chi connectivity index (χ1n) is 9.56. The predicted octanol–water partition coefficient (Wildman–Crippen LogP) is 3.06. The number of fused-ring (bicyclic) bond motifs is 1. The maximum atomic E-state index is 6.13. The van der Waals surface area contributed by atoms with Crippen LogP contribution in [0.4, 0.5) is 0 Å². The van der Waals surface area contributed by atoms with Crippen molar-refractivity contribution in [1.82, 2.24) is 10.6 Å². The zero-order valence-electron chi connectivity index (χ0n) is 15.7. The molecule has 0 fully saturated rings. The lowest BCUT2D eigenvalue weighted by Gasteiger charge is -2.25. The van der Waals surface area contributed by atoms with Crippen LogP contribution in [0.25, 0.3) is 0 Å². The summed E-state index contributed by atoms with van der Waals surface area (Å²) in [7, 11) is 1.80. The Morgan fingerprint density at radius 3 is 2.68 bits per heavy atom. The number of rotatable bonds is 10. The highest BCUT2D eigenvalue weighted by atomic mass is 16.5. The van der Waals surface area contributed by atoms with Gasteiger partial charge in [-0.15, -0.1) is 0 Å². The van der Waals surface area contributed by atoms with Gasteiger partial charge in [0.15, 0.2) is 5.96 Å². The summed E-state index contributed by atoms with van der Waals surface area (Å²) in [5, 5.41) is 6.63. The molecular formula is C20H33N3O2. The highest BCUT2D eigenvalue weighted by Crippen LogP contribution is 2.32. The molecule has 0 heterocycles. The minimum absolute atomic E-state index is 0.265. The lowest BCUT2D eigenvalue weighted by Crippen LogP contribution is -2.38. The molecule has 1 aromatic rings. The highest BCUT2D eigenvalue weighted by Gasteiger charge is 2.19. The topological polar surface area (TPSA) is 54.9 Å². The molecule has 2 rings (SSSR count). The Labute approximate surface area is 152 Å². The zero-order chi connectivity index (χ0) is 17.7. The molecule has 0 radical (unpaired) electrons. The van der Waals surface area contributed by atoms with Crippen LogP contribution in [0.3, 0.4) is 0 Å². The van der Waals surface area contributed by atoms with Gasteiger partial charge < -0.3 is 20.1 Å². The van der Waals surface area contributed by atoms with E-state index in [0.717, 1.165) is 58.1 Å². The maximum absolute atomic E-state index is 6.13. The van der Waals surface area contributed by atoms with Crippen molar-refractivity contribution in [1.29, 1.82) is 0 Å². The van der Waals surface area contributed by atoms with Crippen LogP contribution in [0.5, 0.6) is 0 Å². The second-order valence-electron chi connectivity index (χ2n) is 6.28. The van der Waals surface area contributed by atoms with Gasteiger partial charge in [-0.1, -0.05) is 24.3 Å². The molecule has 0 saturated carbocycles. The van der Waals surface area contributed by atoms with Crippen molar-refractivity contribution < 1.29 is 9.47 Å². The molecule has 0 spiro atoms. The van der Waals surface area contributed by atoms with Crippen LogP contribution in [0.2, 0.25) is 0 Å². The van der Waals surface area contributed by atoms with Crippen molar-refractivity contribution in [3.8, 4) is 0 Å². The van der Waals surface area contributed by atoms with Gasteiger partial charge >= 0.3 is 0 Å². The molecule has 0 amide bonds. The third-order valence-corrected chi connectivity index (χ3v) is 4.43. The van der Waals surface area contributed by atoms with E-state index in [0.29, 0.717) is 0 Å². The fraction of sp³-hybridized carbons (Fsp3) is 0.650. The number of benzene rings is 1. The molecule has 1 aliphatic carbocycles. The van der Waals surface area contributed by atoms with E-state index in [-0.39, 0.29) is 6.10 Å². The standard InChI is InChI=1S/C20H33N3O2/c1-3-24-15-7-13-22-20(21-2)23-14-8-16-25-19-12-6-10-17-9-4-5-11-18(17)19/h4-5,9,11,19H,3,6-8,10,12-16H2,1-2H3,(H2,21,22,23). The van der Waals surface area contributed by atoms with Gasteiger partial charge in [0.05, 0.1) is 6.10 Å². The average Bonchev–Trinajstić information content (AvgIpc) is 2.66. The summed E-state index contributed by atoms with van der Waals surface area (Å²) in [4.78, 5) is 4.24. The second kappa shape index (κ2) is 11.9. The summed E-state index contributed by atoms with van der Waals surface area (Å²) in [5.41, 5.74) is 2.84. The summed E-state index contributed by atoms with van der Waals surface area (Å²) in [6, 6.07) is 8.68. The van der Waals surface area contributed by atoms with E-state index in [1.165, 1.54) is 24.0 Å². The van der Waals surface area contributed by atoms with E-state index in [1.54, 1.807) is 7.05 Å². The fourth-order valence-corrected chi connectivity index (χ4v) is 3.13. The highest BCUT2D eigenvalue weighted by molar-refractivity contribution is 5.79. The van der Waals surface area contributed by atoms with Crippen LogP contribution in [0.1, 0.15) is 49.8 Å². The third kappa shape index (κ3) is 7.04. The van der Waals surface area contributed by atoms with E-state index in [9.17, 15) is 0 Å². The first-order chi connectivity index (χ1) is 12.3. The summed E-state index contributed by atoms with van der Waals surface area (Å²) in [6.07, 6.45) is 5.76. The van der Waals surface area contributed by atoms with Gasteiger partial charge in [-0.2, -0.15) is 0 Å². The normalized spacial score (nSPS) is 17.2. The van der Waals surface area contributed by atoms with Gasteiger partial charge in [-0.3, -0.25) is 4.99 Å². The fourth-order valence-electron chi connectivity index (χ4n) is 3.13. The molecule has 0 saturated heterocycles. The van der Waals surface area contributed by atoms with Crippen LogP contribution < -0.4 is 10.6 Å². The minimum Gasteiger partial charge on any atom is -0.382 e. The third-order valence-electron chi connectivity index (χ3n) is 4.43. The summed E-state index contributed by atoms with van der Waals surface area (Å²) in [5.74, 6) is 0.847. The van der Waals surface area contributed by atoms with Crippen molar-refractivity contribution in [3.63, 3.8) is 0 Å². The van der Waals surface area contributed by atoms with Crippen molar-refractivity contribution >= 4 is 5.96 Å². The predicted molar refractivity (Wildman–Crippen MR) is 103 cm³/mol. The van der Waals surface area contributed by atoms with Crippen molar-refractivity contribution in [3.05, 3.63) is 35.4 Å². The van der Waals surface area contributed by atoms with Crippen LogP contribution in [0.15, 0.2) is 29.3 Å². The summed E-state index contributed by atoms with van der Waals surface area (Å²) >= 11 is 0. The van der Waals surface area contributed by atoms with E-state index in [2.05, 4.69) is 39.9 Å². The van der Waals surface area contributed by atoms with Crippen molar-refractivity contribution in [2.24, 2.45) is 4.99 Å². The smallest absolute Gasteiger partial charge is 0.190 e. The largest absolute Gasteiger partial charge is 0.382 e. The Bertz CT molecular complexity index is 519. The monoisotopic (exact) mass is 347 g/mol. The maximum Gasteiger partial charge on any atom is 0.190 e. The quantitative estimate of drug-likeness (QED) is 0.388. The molecule has 140 valence electrons. The number of ether oxygens (including phenoxy) is 2. The van der Waals surface area contributed by atoms with E-state index < -0.39 is 0 Å². The van der Waals surface area contributed by atoms with Gasteiger partial charge in [-0.25, -0.2) is 0 Å². The number of aliphatic imine (C=N–C) groups is 1. The molecule has 0 aliphatic heterocycles. The molecule has 2 N–H and O–H groups in total. The molecular weight excluding hydrogens is 314 g/mol. The van der Waals surface area contributed by atoms with Gasteiger partial charge in [0, 0.05) is 40.0 Å². The molecule has 1 aliphatic rings. The molecule has 25 heavy (non-hydrogen) atoms. The number of hydrogen-bond acceptors (Lipinski definition) is 3. The van der Waals surface area contributed by atoms with E-state index in [1.807, 2.05) is 6.92 Å². The van der Waals surface area contributed by atoms with E-state index in [4.69, 9.17) is 9.47 Å². The molecule has 0 bridgehead atoms.